The summed E-state index contributed by atoms with van der Waals surface area (Å²) in [5.41, 5.74) is 7.37. The molecule has 1 aromatic rings. The van der Waals surface area contributed by atoms with E-state index in [1.165, 1.54) is 5.56 Å². The molecule has 0 saturated carbocycles. The first-order valence-corrected chi connectivity index (χ1v) is 6.45. The number of hydrogen-bond acceptors (Lipinski definition) is 4. The molecule has 1 aliphatic rings. The molecule has 2 unspecified atom stereocenters. The lowest BCUT2D eigenvalue weighted by Gasteiger charge is -2.36. The molecule has 2 atom stereocenters. The number of nitrogens with zero attached hydrogens (tertiary/aromatic N) is 1. The fourth-order valence-electron chi connectivity index (χ4n) is 2.69. The summed E-state index contributed by atoms with van der Waals surface area (Å²) in [4.78, 5) is 2.23. The topological polar surface area (TPSA) is 58.7 Å². The number of rotatable bonds is 4. The molecule has 0 bridgehead atoms. The number of piperidine rings is 1. The molecule has 0 aliphatic carbocycles. The number of aliphatic hydroxyl groups excluding tert-OH is 1. The van der Waals surface area contributed by atoms with Gasteiger partial charge in [-0.25, -0.2) is 0 Å². The van der Waals surface area contributed by atoms with E-state index in [1.54, 1.807) is 7.11 Å². The first-order valence-electron chi connectivity index (χ1n) is 6.45. The Balaban J connectivity index is 2.10. The van der Waals surface area contributed by atoms with Gasteiger partial charge in [0.05, 0.1) is 13.7 Å². The van der Waals surface area contributed by atoms with Crippen LogP contribution >= 0.6 is 0 Å². The minimum Gasteiger partial charge on any atom is -0.497 e. The molecule has 100 valence electrons. The van der Waals surface area contributed by atoms with Crippen LogP contribution in [-0.2, 0) is 0 Å². The van der Waals surface area contributed by atoms with Crippen molar-refractivity contribution in [2.45, 2.75) is 18.4 Å². The zero-order chi connectivity index (χ0) is 13.0. The molecule has 18 heavy (non-hydrogen) atoms. The number of nitrogens with two attached hydrogens (primary N) is 1. The molecule has 1 fully saturated rings. The average molecular weight is 250 g/mol. The van der Waals surface area contributed by atoms with Gasteiger partial charge >= 0.3 is 0 Å². The Kier molecular flexibility index (Phi) is 4.58. The number of benzene rings is 1. The lowest BCUT2D eigenvalue weighted by molar-refractivity contribution is 0.149. The van der Waals surface area contributed by atoms with Crippen LogP contribution in [0, 0.1) is 0 Å². The van der Waals surface area contributed by atoms with Crippen molar-refractivity contribution >= 4 is 0 Å². The van der Waals surface area contributed by atoms with E-state index in [9.17, 15) is 0 Å². The van der Waals surface area contributed by atoms with Gasteiger partial charge in [0.2, 0.25) is 0 Å². The normalized spacial score (nSPS) is 25.1. The molecule has 3 N–H and O–H groups in total. The summed E-state index contributed by atoms with van der Waals surface area (Å²) >= 11 is 0. The fraction of sp³-hybridized carbons (Fsp3) is 0.571. The van der Waals surface area contributed by atoms with Crippen molar-refractivity contribution in [3.05, 3.63) is 29.8 Å². The van der Waals surface area contributed by atoms with Gasteiger partial charge in [0.1, 0.15) is 5.75 Å². The van der Waals surface area contributed by atoms with Crippen LogP contribution in [0.5, 0.6) is 5.75 Å². The second-order valence-corrected chi connectivity index (χ2v) is 4.95. The Morgan fingerprint density at radius 1 is 1.44 bits per heavy atom. The minimum absolute atomic E-state index is 0.182. The van der Waals surface area contributed by atoms with Crippen LogP contribution in [0.1, 0.15) is 17.9 Å². The van der Waals surface area contributed by atoms with E-state index < -0.39 is 0 Å². The quantitative estimate of drug-likeness (QED) is 0.830. The van der Waals surface area contributed by atoms with E-state index in [0.29, 0.717) is 12.5 Å². The summed E-state index contributed by atoms with van der Waals surface area (Å²) in [6.45, 7) is 2.73. The third-order valence-corrected chi connectivity index (χ3v) is 3.54. The molecule has 1 heterocycles. The van der Waals surface area contributed by atoms with Gasteiger partial charge in [-0.1, -0.05) is 12.1 Å². The van der Waals surface area contributed by atoms with E-state index in [0.717, 1.165) is 25.3 Å². The second-order valence-electron chi connectivity index (χ2n) is 4.95. The van der Waals surface area contributed by atoms with Crippen LogP contribution in [0.2, 0.25) is 0 Å². The van der Waals surface area contributed by atoms with Crippen molar-refractivity contribution in [1.82, 2.24) is 4.90 Å². The van der Waals surface area contributed by atoms with Crippen LogP contribution in [-0.4, -0.2) is 49.4 Å². The average Bonchev–Trinajstić information content (AvgIpc) is 2.38. The van der Waals surface area contributed by atoms with E-state index in [-0.39, 0.29) is 12.6 Å². The van der Waals surface area contributed by atoms with Crippen LogP contribution in [0.15, 0.2) is 24.3 Å². The van der Waals surface area contributed by atoms with Gasteiger partial charge in [-0.15, -0.1) is 0 Å². The largest absolute Gasteiger partial charge is 0.497 e. The molecule has 2 rings (SSSR count). The predicted molar refractivity (Wildman–Crippen MR) is 71.9 cm³/mol. The van der Waals surface area contributed by atoms with Crippen molar-refractivity contribution < 1.29 is 9.84 Å². The third-order valence-electron chi connectivity index (χ3n) is 3.54. The molecule has 0 amide bonds. The Morgan fingerprint density at radius 2 is 2.28 bits per heavy atom. The summed E-state index contributed by atoms with van der Waals surface area (Å²) in [5.74, 6) is 1.32. The van der Waals surface area contributed by atoms with Crippen LogP contribution in [0.3, 0.4) is 0 Å². The van der Waals surface area contributed by atoms with E-state index in [4.69, 9.17) is 15.6 Å². The summed E-state index contributed by atoms with van der Waals surface area (Å²) in [6.07, 6.45) is 0.995. The van der Waals surface area contributed by atoms with Gasteiger partial charge < -0.3 is 15.6 Å². The highest BCUT2D eigenvalue weighted by atomic mass is 16.5. The number of β-amino-alcohol motifs (C(OH)–C–C–N with tert-alkyl or cyclic N) is 1. The molecule has 0 spiro atoms. The Morgan fingerprint density at radius 3 is 3.00 bits per heavy atom. The number of likely N-dealkylation sites (tertiary alicyclic amines) is 1. The maximum atomic E-state index is 9.04. The molecule has 1 saturated heterocycles. The predicted octanol–water partition coefficient (Wildman–Crippen LogP) is 0.804. The van der Waals surface area contributed by atoms with Crippen molar-refractivity contribution in [3.8, 4) is 5.75 Å². The molecular weight excluding hydrogens is 228 g/mol. The van der Waals surface area contributed by atoms with E-state index in [1.807, 2.05) is 12.1 Å². The SMILES string of the molecule is COc1cccc(C2CC(N)CN(CCO)C2)c1. The van der Waals surface area contributed by atoms with Crippen LogP contribution < -0.4 is 10.5 Å². The maximum Gasteiger partial charge on any atom is 0.119 e. The summed E-state index contributed by atoms with van der Waals surface area (Å²) in [7, 11) is 1.68. The first kappa shape index (κ1) is 13.3. The zero-order valence-corrected chi connectivity index (χ0v) is 10.9. The molecule has 0 aromatic heterocycles. The fourth-order valence-corrected chi connectivity index (χ4v) is 2.69. The van der Waals surface area contributed by atoms with Crippen LogP contribution in [0.25, 0.3) is 0 Å². The highest BCUT2D eigenvalue weighted by molar-refractivity contribution is 5.31. The summed E-state index contributed by atoms with van der Waals surface area (Å²) < 4.78 is 5.26. The smallest absolute Gasteiger partial charge is 0.119 e. The van der Waals surface area contributed by atoms with Crippen molar-refractivity contribution in [2.75, 3.05) is 33.4 Å². The standard InChI is InChI=1S/C14H22N2O2/c1-18-14-4-2-3-11(8-14)12-7-13(15)10-16(9-12)5-6-17/h2-4,8,12-13,17H,5-7,9-10,15H2,1H3. The van der Waals surface area contributed by atoms with Gasteiger partial charge in [0, 0.05) is 25.7 Å². The molecular formula is C14H22N2O2. The molecule has 4 nitrogen and oxygen atoms in total. The molecule has 1 aliphatic heterocycles. The Bertz CT molecular complexity index is 384. The lowest BCUT2D eigenvalue weighted by atomic mass is 9.88. The molecule has 1 aromatic carbocycles. The first-order chi connectivity index (χ1) is 8.72. The van der Waals surface area contributed by atoms with Gasteiger partial charge in [-0.3, -0.25) is 4.90 Å². The van der Waals surface area contributed by atoms with Gasteiger partial charge in [0.15, 0.2) is 0 Å². The van der Waals surface area contributed by atoms with E-state index in [2.05, 4.69) is 17.0 Å². The molecule has 4 heteroatoms. The third kappa shape index (κ3) is 3.22. The number of aliphatic hydroxyl groups is 1. The Labute approximate surface area is 108 Å². The van der Waals surface area contributed by atoms with Gasteiger partial charge in [-0.05, 0) is 30.0 Å². The van der Waals surface area contributed by atoms with Crippen molar-refractivity contribution in [1.29, 1.82) is 0 Å². The second kappa shape index (κ2) is 6.18. The maximum absolute atomic E-state index is 9.04. The summed E-state index contributed by atoms with van der Waals surface area (Å²) in [6, 6.07) is 8.37. The summed E-state index contributed by atoms with van der Waals surface area (Å²) in [5, 5.41) is 9.04. The van der Waals surface area contributed by atoms with Gasteiger partial charge in [0.25, 0.3) is 0 Å². The highest BCUT2D eigenvalue weighted by Gasteiger charge is 2.25. The van der Waals surface area contributed by atoms with Crippen molar-refractivity contribution in [2.24, 2.45) is 5.73 Å². The van der Waals surface area contributed by atoms with Crippen molar-refractivity contribution in [3.63, 3.8) is 0 Å². The highest BCUT2D eigenvalue weighted by Crippen LogP contribution is 2.28. The lowest BCUT2D eigenvalue weighted by Crippen LogP contribution is -2.47. The number of hydrogen-bond donors (Lipinski definition) is 2. The number of ether oxygens (including phenoxy) is 1. The zero-order valence-electron chi connectivity index (χ0n) is 10.9. The van der Waals surface area contributed by atoms with Crippen LogP contribution in [0.4, 0.5) is 0 Å². The number of methoxy groups -OCH3 is 1. The minimum atomic E-state index is 0.182. The Hall–Kier alpha value is -1.10. The monoisotopic (exact) mass is 250 g/mol. The van der Waals surface area contributed by atoms with E-state index >= 15 is 0 Å². The van der Waals surface area contributed by atoms with Gasteiger partial charge in [-0.2, -0.15) is 0 Å². The molecule has 0 radical (unpaired) electrons.